The van der Waals surface area contributed by atoms with Crippen LogP contribution in [0.3, 0.4) is 0 Å². The largest absolute Gasteiger partial charge is 0.490 e. The smallest absolute Gasteiger partial charge is 0.113 e. The highest BCUT2D eigenvalue weighted by atomic mass is 16.5. The molecule has 0 bridgehead atoms. The zero-order valence-corrected chi connectivity index (χ0v) is 12.5. The molecule has 0 fully saturated rings. The predicted molar refractivity (Wildman–Crippen MR) is 86.0 cm³/mol. The molecule has 0 saturated carbocycles. The minimum Gasteiger partial charge on any atom is -0.490 e. The van der Waals surface area contributed by atoms with Crippen LogP contribution in [0.15, 0.2) is 60.9 Å². The summed E-state index contributed by atoms with van der Waals surface area (Å²) in [5.74, 6) is 6.88. The topological polar surface area (TPSA) is 33.0 Å². The van der Waals surface area contributed by atoms with Crippen molar-refractivity contribution in [3.8, 4) is 17.9 Å². The number of allylic oxidation sites excluding steroid dienone is 3. The number of rotatable bonds is 5. The Morgan fingerprint density at radius 2 is 1.90 bits per heavy atom. The lowest BCUT2D eigenvalue weighted by molar-refractivity contribution is 0.212. The molecular formula is C19H19NO. The molecule has 0 atom stereocenters. The van der Waals surface area contributed by atoms with Gasteiger partial charge in [-0.2, -0.15) is 5.26 Å². The number of ether oxygens (including phenoxy) is 1. The fraction of sp³-hybridized carbons (Fsp3) is 0.211. The minimum absolute atomic E-state index is 0.325. The van der Waals surface area contributed by atoms with Gasteiger partial charge in [-0.3, -0.25) is 0 Å². The van der Waals surface area contributed by atoms with Gasteiger partial charge >= 0.3 is 0 Å². The van der Waals surface area contributed by atoms with E-state index in [2.05, 4.69) is 31.1 Å². The van der Waals surface area contributed by atoms with Gasteiger partial charge in [0.05, 0.1) is 11.6 Å². The second-order valence-electron chi connectivity index (χ2n) is 4.85. The van der Waals surface area contributed by atoms with Crippen molar-refractivity contribution in [1.82, 2.24) is 0 Å². The van der Waals surface area contributed by atoms with Crippen LogP contribution in [0.4, 0.5) is 0 Å². The maximum atomic E-state index is 8.72. The molecule has 0 amide bonds. The average Bonchev–Trinajstić information content (AvgIpc) is 2.49. The molecule has 1 aromatic carbocycles. The molecule has 1 aromatic rings. The second-order valence-corrected chi connectivity index (χ2v) is 4.85. The number of benzene rings is 1. The van der Waals surface area contributed by atoms with E-state index in [4.69, 9.17) is 10.00 Å². The highest BCUT2D eigenvalue weighted by molar-refractivity contribution is 5.37. The first-order valence-electron chi connectivity index (χ1n) is 6.70. The summed E-state index contributed by atoms with van der Waals surface area (Å²) in [7, 11) is 0. The molecule has 1 rings (SSSR count). The lowest BCUT2D eigenvalue weighted by Crippen LogP contribution is -1.91. The van der Waals surface area contributed by atoms with Crippen molar-refractivity contribution >= 4 is 0 Å². The van der Waals surface area contributed by atoms with Crippen molar-refractivity contribution in [1.29, 1.82) is 5.26 Å². The fourth-order valence-corrected chi connectivity index (χ4v) is 1.37. The standard InChI is InChI=1S/C19H19NO/c1-15(2)5-6-16(3)7-8-17(4)21-14-19-11-9-18(13-20)10-12-19/h7-12,15H,3-4,14H2,1-2H3/b8-7-. The van der Waals surface area contributed by atoms with Crippen LogP contribution >= 0.6 is 0 Å². The number of hydrogen-bond donors (Lipinski definition) is 0. The van der Waals surface area contributed by atoms with Gasteiger partial charge in [0.2, 0.25) is 0 Å². The average molecular weight is 277 g/mol. The summed E-state index contributed by atoms with van der Waals surface area (Å²) in [5.41, 5.74) is 2.35. The highest BCUT2D eigenvalue weighted by Crippen LogP contribution is 2.08. The molecule has 0 N–H and O–H groups in total. The Labute approximate surface area is 127 Å². The van der Waals surface area contributed by atoms with E-state index in [1.165, 1.54) is 0 Å². The lowest BCUT2D eigenvalue weighted by atomic mass is 10.1. The van der Waals surface area contributed by atoms with E-state index in [1.807, 2.05) is 26.0 Å². The third kappa shape index (κ3) is 6.85. The molecule has 0 aliphatic carbocycles. The zero-order valence-electron chi connectivity index (χ0n) is 12.5. The van der Waals surface area contributed by atoms with Gasteiger partial charge < -0.3 is 4.74 Å². The quantitative estimate of drug-likeness (QED) is 0.455. The van der Waals surface area contributed by atoms with Crippen LogP contribution in [0.25, 0.3) is 0 Å². The first kappa shape index (κ1) is 16.3. The Bertz CT molecular complexity index is 631. The molecule has 0 heterocycles. The molecule has 21 heavy (non-hydrogen) atoms. The minimum atomic E-state index is 0.325. The van der Waals surface area contributed by atoms with E-state index >= 15 is 0 Å². The van der Waals surface area contributed by atoms with Gasteiger partial charge in [0.15, 0.2) is 0 Å². The summed E-state index contributed by atoms with van der Waals surface area (Å²) in [5, 5.41) is 8.72. The number of nitrogens with zero attached hydrogens (tertiary/aromatic N) is 1. The maximum absolute atomic E-state index is 8.72. The summed E-state index contributed by atoms with van der Waals surface area (Å²) in [4.78, 5) is 0. The van der Waals surface area contributed by atoms with Crippen LogP contribution in [0, 0.1) is 29.1 Å². The molecule has 0 aliphatic rings. The van der Waals surface area contributed by atoms with E-state index in [9.17, 15) is 0 Å². The molecule has 0 aromatic heterocycles. The predicted octanol–water partition coefficient (Wildman–Crippen LogP) is 4.36. The van der Waals surface area contributed by atoms with E-state index in [-0.39, 0.29) is 0 Å². The molecule has 0 spiro atoms. The molecule has 0 saturated heterocycles. The number of nitriles is 1. The van der Waals surface area contributed by atoms with Crippen molar-refractivity contribution in [3.05, 3.63) is 72.0 Å². The Hall–Kier alpha value is -2.71. The van der Waals surface area contributed by atoms with Gasteiger partial charge in [0.1, 0.15) is 12.4 Å². The van der Waals surface area contributed by atoms with Gasteiger partial charge in [0.25, 0.3) is 0 Å². The van der Waals surface area contributed by atoms with Crippen molar-refractivity contribution in [2.45, 2.75) is 20.5 Å². The van der Waals surface area contributed by atoms with Gasteiger partial charge in [0, 0.05) is 11.5 Å². The Morgan fingerprint density at radius 1 is 1.24 bits per heavy atom. The molecular weight excluding hydrogens is 258 g/mol. The SMILES string of the molecule is C=C(C#CC(C)C)/C=C\C(=C)OCc1ccc(C#N)cc1. The summed E-state index contributed by atoms with van der Waals surface area (Å²) in [6.45, 7) is 12.1. The first-order valence-corrected chi connectivity index (χ1v) is 6.70. The summed E-state index contributed by atoms with van der Waals surface area (Å²) < 4.78 is 5.52. The van der Waals surface area contributed by atoms with Crippen LogP contribution in [0.2, 0.25) is 0 Å². The van der Waals surface area contributed by atoms with Crippen LogP contribution in [-0.4, -0.2) is 0 Å². The molecule has 0 unspecified atom stereocenters. The van der Waals surface area contributed by atoms with Crippen molar-refractivity contribution in [2.75, 3.05) is 0 Å². The normalized spacial score (nSPS) is 9.81. The van der Waals surface area contributed by atoms with Gasteiger partial charge in [-0.15, -0.1) is 0 Å². The first-order chi connectivity index (χ1) is 10.0. The van der Waals surface area contributed by atoms with Crippen LogP contribution in [0.5, 0.6) is 0 Å². The van der Waals surface area contributed by atoms with E-state index in [0.717, 1.165) is 11.1 Å². The monoisotopic (exact) mass is 277 g/mol. The Kier molecular flexibility index (Phi) is 6.58. The summed E-state index contributed by atoms with van der Waals surface area (Å²) >= 11 is 0. The van der Waals surface area contributed by atoms with Gasteiger partial charge in [-0.1, -0.05) is 51.0 Å². The molecule has 2 heteroatoms. The van der Waals surface area contributed by atoms with E-state index < -0.39 is 0 Å². The van der Waals surface area contributed by atoms with Gasteiger partial charge in [-0.05, 0) is 29.8 Å². The summed E-state index contributed by atoms with van der Waals surface area (Å²) in [6.07, 6.45) is 3.54. The fourth-order valence-electron chi connectivity index (χ4n) is 1.37. The number of hydrogen-bond acceptors (Lipinski definition) is 2. The van der Waals surface area contributed by atoms with Crippen LogP contribution < -0.4 is 0 Å². The third-order valence-electron chi connectivity index (χ3n) is 2.50. The molecule has 0 aliphatic heterocycles. The molecule has 2 nitrogen and oxygen atoms in total. The molecule has 0 radical (unpaired) electrons. The van der Waals surface area contributed by atoms with Crippen LogP contribution in [-0.2, 0) is 11.3 Å². The van der Waals surface area contributed by atoms with E-state index in [1.54, 1.807) is 24.3 Å². The molecule has 106 valence electrons. The lowest BCUT2D eigenvalue weighted by Gasteiger charge is -2.05. The highest BCUT2D eigenvalue weighted by Gasteiger charge is 1.95. The van der Waals surface area contributed by atoms with Crippen LogP contribution in [0.1, 0.15) is 25.0 Å². The van der Waals surface area contributed by atoms with E-state index in [0.29, 0.717) is 23.8 Å². The Morgan fingerprint density at radius 3 is 2.48 bits per heavy atom. The zero-order chi connectivity index (χ0) is 15.7. The maximum Gasteiger partial charge on any atom is 0.113 e. The Balaban J connectivity index is 2.45. The van der Waals surface area contributed by atoms with Crippen molar-refractivity contribution in [2.24, 2.45) is 5.92 Å². The third-order valence-corrected chi connectivity index (χ3v) is 2.50. The second kappa shape index (κ2) is 8.46. The van der Waals surface area contributed by atoms with Crippen molar-refractivity contribution < 1.29 is 4.74 Å². The van der Waals surface area contributed by atoms with Crippen molar-refractivity contribution in [3.63, 3.8) is 0 Å². The van der Waals surface area contributed by atoms with Gasteiger partial charge in [-0.25, -0.2) is 0 Å². The summed E-state index contributed by atoms with van der Waals surface area (Å²) in [6, 6.07) is 9.34.